The summed E-state index contributed by atoms with van der Waals surface area (Å²) in [5.74, 6) is -0.205. The van der Waals surface area contributed by atoms with Crippen molar-refractivity contribution in [3.63, 3.8) is 0 Å². The Labute approximate surface area is 144 Å². The summed E-state index contributed by atoms with van der Waals surface area (Å²) in [5.41, 5.74) is 0.676. The molecule has 3 heterocycles. The molecule has 0 amide bonds. The van der Waals surface area contributed by atoms with Crippen LogP contribution in [-0.4, -0.2) is 43.5 Å². The molecule has 130 valence electrons. The average Bonchev–Trinajstić information content (AvgIpc) is 3.26. The smallest absolute Gasteiger partial charge is 0.310 e. The fourth-order valence-electron chi connectivity index (χ4n) is 2.69. The molecular formula is C15H18N2O5S2. The Morgan fingerprint density at radius 1 is 1.54 bits per heavy atom. The van der Waals surface area contributed by atoms with Crippen LogP contribution in [-0.2, 0) is 19.6 Å². The third kappa shape index (κ3) is 3.38. The molecule has 1 aliphatic rings. The first-order chi connectivity index (χ1) is 11.5. The molecule has 0 radical (unpaired) electrons. The summed E-state index contributed by atoms with van der Waals surface area (Å²) in [6.07, 6.45) is 2.80. The van der Waals surface area contributed by atoms with Gasteiger partial charge in [0.1, 0.15) is 4.21 Å². The van der Waals surface area contributed by atoms with Crippen molar-refractivity contribution in [2.45, 2.75) is 24.0 Å². The second-order valence-corrected chi connectivity index (χ2v) is 8.56. The number of ether oxygens (including phenoxy) is 1. The van der Waals surface area contributed by atoms with Gasteiger partial charge in [-0.05, 0) is 25.8 Å². The van der Waals surface area contributed by atoms with E-state index < -0.39 is 15.9 Å². The zero-order valence-electron chi connectivity index (χ0n) is 13.2. The van der Waals surface area contributed by atoms with Crippen LogP contribution in [0.2, 0.25) is 0 Å². The number of piperidine rings is 1. The van der Waals surface area contributed by atoms with Gasteiger partial charge in [0.2, 0.25) is 0 Å². The highest BCUT2D eigenvalue weighted by Crippen LogP contribution is 2.32. The zero-order chi connectivity index (χ0) is 17.2. The number of thiophene rings is 1. The van der Waals surface area contributed by atoms with Crippen molar-refractivity contribution in [1.29, 1.82) is 0 Å². The minimum atomic E-state index is -3.63. The van der Waals surface area contributed by atoms with Gasteiger partial charge in [0, 0.05) is 30.1 Å². The number of sulfonamides is 1. The van der Waals surface area contributed by atoms with Crippen molar-refractivity contribution in [2.24, 2.45) is 5.92 Å². The van der Waals surface area contributed by atoms with Gasteiger partial charge in [-0.1, -0.05) is 5.16 Å². The lowest BCUT2D eigenvalue weighted by Crippen LogP contribution is -2.42. The maximum atomic E-state index is 12.8. The van der Waals surface area contributed by atoms with Gasteiger partial charge in [-0.25, -0.2) is 8.42 Å². The summed E-state index contributed by atoms with van der Waals surface area (Å²) in [5, 5.41) is 5.35. The van der Waals surface area contributed by atoms with E-state index in [1.165, 1.54) is 10.5 Å². The molecular weight excluding hydrogens is 352 g/mol. The highest BCUT2D eigenvalue weighted by Gasteiger charge is 2.34. The number of hydrogen-bond acceptors (Lipinski definition) is 7. The Hall–Kier alpha value is -1.71. The van der Waals surface area contributed by atoms with Crippen molar-refractivity contribution in [1.82, 2.24) is 9.46 Å². The number of carbonyl (C=O) groups is 1. The van der Waals surface area contributed by atoms with Crippen LogP contribution in [0.5, 0.6) is 0 Å². The number of hydrogen-bond donors (Lipinski definition) is 0. The first-order valence-corrected chi connectivity index (χ1v) is 10.0. The molecule has 1 aliphatic heterocycles. The Bertz CT molecular complexity index is 798. The van der Waals surface area contributed by atoms with Gasteiger partial charge in [0.15, 0.2) is 5.76 Å². The van der Waals surface area contributed by atoms with Gasteiger partial charge < -0.3 is 9.26 Å². The number of aromatic nitrogens is 1. The Kier molecular flexibility index (Phi) is 5.02. The van der Waals surface area contributed by atoms with Crippen LogP contribution in [0, 0.1) is 5.92 Å². The van der Waals surface area contributed by atoms with E-state index in [2.05, 4.69) is 5.16 Å². The number of rotatable bonds is 5. The van der Waals surface area contributed by atoms with Crippen molar-refractivity contribution >= 4 is 27.3 Å². The lowest BCUT2D eigenvalue weighted by molar-refractivity contribution is -0.149. The number of nitrogens with zero attached hydrogens (tertiary/aromatic N) is 2. The van der Waals surface area contributed by atoms with Gasteiger partial charge in [-0.2, -0.15) is 4.31 Å². The molecule has 0 N–H and O–H groups in total. The SMILES string of the molecule is CCOC(=O)[C@@H]1CCCN(S(=O)(=O)c2cc(-c3ccno3)cs2)C1. The second-order valence-electron chi connectivity index (χ2n) is 5.49. The van der Waals surface area contributed by atoms with Gasteiger partial charge in [0.05, 0.1) is 18.7 Å². The van der Waals surface area contributed by atoms with Crippen LogP contribution in [0.4, 0.5) is 0 Å². The van der Waals surface area contributed by atoms with Gasteiger partial charge >= 0.3 is 5.97 Å². The molecule has 0 saturated carbocycles. The number of carbonyl (C=O) groups excluding carboxylic acids is 1. The van der Waals surface area contributed by atoms with E-state index in [4.69, 9.17) is 9.26 Å². The maximum absolute atomic E-state index is 12.8. The average molecular weight is 370 g/mol. The van der Waals surface area contributed by atoms with Gasteiger partial charge in [-0.3, -0.25) is 4.79 Å². The van der Waals surface area contributed by atoms with E-state index >= 15 is 0 Å². The van der Waals surface area contributed by atoms with E-state index in [0.717, 1.165) is 11.3 Å². The van der Waals surface area contributed by atoms with Crippen molar-refractivity contribution in [2.75, 3.05) is 19.7 Å². The normalized spacial score (nSPS) is 19.3. The molecule has 1 atom stereocenters. The highest BCUT2D eigenvalue weighted by molar-refractivity contribution is 7.91. The molecule has 1 fully saturated rings. The third-order valence-electron chi connectivity index (χ3n) is 3.90. The molecule has 2 aromatic rings. The highest BCUT2D eigenvalue weighted by atomic mass is 32.2. The first kappa shape index (κ1) is 17.1. The Morgan fingerprint density at radius 2 is 2.38 bits per heavy atom. The van der Waals surface area contributed by atoms with E-state index in [9.17, 15) is 13.2 Å². The molecule has 2 aromatic heterocycles. The van der Waals surface area contributed by atoms with Crippen LogP contribution < -0.4 is 0 Å². The Balaban J connectivity index is 1.79. The molecule has 0 spiro atoms. The number of esters is 1. The van der Waals surface area contributed by atoms with Crippen LogP contribution in [0.25, 0.3) is 11.3 Å². The lowest BCUT2D eigenvalue weighted by atomic mass is 10.0. The molecule has 0 bridgehead atoms. The molecule has 0 aliphatic carbocycles. The summed E-state index contributed by atoms with van der Waals surface area (Å²) in [4.78, 5) is 11.9. The van der Waals surface area contributed by atoms with Gasteiger partial charge in [-0.15, -0.1) is 11.3 Å². The summed E-state index contributed by atoms with van der Waals surface area (Å²) >= 11 is 1.13. The summed E-state index contributed by atoms with van der Waals surface area (Å²) in [6, 6.07) is 3.25. The van der Waals surface area contributed by atoms with Crippen molar-refractivity contribution in [3.05, 3.63) is 23.7 Å². The molecule has 7 nitrogen and oxygen atoms in total. The van der Waals surface area contributed by atoms with Crippen molar-refractivity contribution < 1.29 is 22.5 Å². The minimum Gasteiger partial charge on any atom is -0.466 e. The van der Waals surface area contributed by atoms with Gasteiger partial charge in [0.25, 0.3) is 10.0 Å². The fourth-order valence-corrected chi connectivity index (χ4v) is 5.53. The van der Waals surface area contributed by atoms with Crippen LogP contribution in [0.1, 0.15) is 19.8 Å². The molecule has 1 saturated heterocycles. The standard InChI is InChI=1S/C15H18N2O5S2/c1-2-21-15(18)11-4-3-7-17(9-11)24(19,20)14-8-12(10-23-14)13-5-6-16-22-13/h5-6,8,10-11H,2-4,7,9H2,1H3/t11-/m1/s1. The van der Waals surface area contributed by atoms with Crippen LogP contribution >= 0.6 is 11.3 Å². The van der Waals surface area contributed by atoms with E-state index in [1.807, 2.05) is 0 Å². The van der Waals surface area contributed by atoms with Crippen molar-refractivity contribution in [3.8, 4) is 11.3 Å². The molecule has 24 heavy (non-hydrogen) atoms. The van der Waals surface area contributed by atoms with E-state index in [1.54, 1.807) is 24.4 Å². The fraction of sp³-hybridized carbons (Fsp3) is 0.467. The van der Waals surface area contributed by atoms with Crippen LogP contribution in [0.15, 0.2) is 32.4 Å². The molecule has 0 aromatic carbocycles. The zero-order valence-corrected chi connectivity index (χ0v) is 14.8. The maximum Gasteiger partial charge on any atom is 0.310 e. The predicted molar refractivity (Wildman–Crippen MR) is 87.9 cm³/mol. The Morgan fingerprint density at radius 3 is 3.08 bits per heavy atom. The third-order valence-corrected chi connectivity index (χ3v) is 7.18. The topological polar surface area (TPSA) is 89.7 Å². The van der Waals surface area contributed by atoms with Crippen LogP contribution in [0.3, 0.4) is 0 Å². The summed E-state index contributed by atoms with van der Waals surface area (Å²) in [7, 11) is -3.63. The first-order valence-electron chi connectivity index (χ1n) is 7.68. The molecule has 3 rings (SSSR count). The predicted octanol–water partition coefficient (Wildman–Crippen LogP) is 2.37. The lowest BCUT2D eigenvalue weighted by Gasteiger charge is -2.30. The molecule has 0 unspecified atom stereocenters. The van der Waals surface area contributed by atoms with E-state index in [-0.39, 0.29) is 16.7 Å². The summed E-state index contributed by atoms with van der Waals surface area (Å²) < 4.78 is 37.3. The monoisotopic (exact) mass is 370 g/mol. The second kappa shape index (κ2) is 7.04. The molecule has 9 heteroatoms. The largest absolute Gasteiger partial charge is 0.466 e. The minimum absolute atomic E-state index is 0.163. The van der Waals surface area contributed by atoms with E-state index in [0.29, 0.717) is 37.3 Å². The quantitative estimate of drug-likeness (QED) is 0.751. The summed E-state index contributed by atoms with van der Waals surface area (Å²) in [6.45, 7) is 2.62.